The van der Waals surface area contributed by atoms with Gasteiger partial charge < -0.3 is 9.64 Å². The van der Waals surface area contributed by atoms with Crippen LogP contribution < -0.4 is 9.64 Å². The maximum absolute atomic E-state index is 5.98. The molecule has 7 nitrogen and oxygen atoms in total. The molecular weight excluding hydrogens is 340 g/mol. The van der Waals surface area contributed by atoms with E-state index in [9.17, 15) is 0 Å². The number of hydrogen-bond donors (Lipinski definition) is 0. The Morgan fingerprint density at radius 2 is 1.85 bits per heavy atom. The van der Waals surface area contributed by atoms with E-state index >= 15 is 0 Å². The molecule has 1 saturated heterocycles. The summed E-state index contributed by atoms with van der Waals surface area (Å²) in [6.07, 6.45) is 7.71. The van der Waals surface area contributed by atoms with Gasteiger partial charge in [0.25, 0.3) is 0 Å². The molecule has 0 radical (unpaired) electrons. The van der Waals surface area contributed by atoms with Gasteiger partial charge in [0.05, 0.1) is 18.5 Å². The highest BCUT2D eigenvalue weighted by Gasteiger charge is 2.22. The van der Waals surface area contributed by atoms with E-state index < -0.39 is 0 Å². The average Bonchev–Trinajstić information content (AvgIpc) is 3.11. The van der Waals surface area contributed by atoms with Crippen LogP contribution in [0.2, 0.25) is 0 Å². The summed E-state index contributed by atoms with van der Waals surface area (Å²) in [7, 11) is 0. The topological polar surface area (TPSA) is 68.4 Å². The smallest absolute Gasteiger partial charge is 0.231 e. The lowest BCUT2D eigenvalue weighted by molar-refractivity contribution is 0.213. The minimum atomic E-state index is 0.00512. The van der Waals surface area contributed by atoms with Gasteiger partial charge in [-0.15, -0.1) is 5.10 Å². The van der Waals surface area contributed by atoms with Gasteiger partial charge in [-0.25, -0.2) is 19.5 Å². The predicted octanol–water partition coefficient (Wildman–Crippen LogP) is 3.11. The minimum absolute atomic E-state index is 0.00512. The van der Waals surface area contributed by atoms with Crippen molar-refractivity contribution >= 4 is 11.6 Å². The quantitative estimate of drug-likeness (QED) is 0.707. The predicted molar refractivity (Wildman–Crippen MR) is 104 cm³/mol. The lowest BCUT2D eigenvalue weighted by Crippen LogP contribution is -2.36. The number of rotatable bonds is 4. The third-order valence-electron chi connectivity index (χ3n) is 4.98. The van der Waals surface area contributed by atoms with Gasteiger partial charge >= 0.3 is 0 Å². The molecule has 0 saturated carbocycles. The summed E-state index contributed by atoms with van der Waals surface area (Å²) in [4.78, 5) is 15.5. The van der Waals surface area contributed by atoms with Crippen LogP contribution >= 0.6 is 0 Å². The zero-order chi connectivity index (χ0) is 18.9. The molecule has 0 aromatic carbocycles. The molecule has 4 heterocycles. The molecule has 1 aliphatic rings. The number of imidazole rings is 1. The zero-order valence-corrected chi connectivity index (χ0v) is 16.2. The molecule has 3 aromatic heterocycles. The molecule has 0 N–H and O–H groups in total. The zero-order valence-electron chi connectivity index (χ0n) is 16.2. The van der Waals surface area contributed by atoms with Gasteiger partial charge in [0.2, 0.25) is 11.8 Å². The van der Waals surface area contributed by atoms with Crippen LogP contribution in [0, 0.1) is 5.92 Å². The molecule has 0 amide bonds. The maximum atomic E-state index is 5.98. The van der Waals surface area contributed by atoms with E-state index in [1.807, 2.05) is 28.9 Å². The molecule has 4 rings (SSSR count). The second-order valence-electron chi connectivity index (χ2n) is 8.14. The Labute approximate surface area is 159 Å². The Bertz CT molecular complexity index is 894. The number of piperidine rings is 1. The van der Waals surface area contributed by atoms with Crippen molar-refractivity contribution in [3.05, 3.63) is 42.5 Å². The second-order valence-corrected chi connectivity index (χ2v) is 8.14. The number of hydrogen-bond acceptors (Lipinski definition) is 6. The minimum Gasteiger partial charge on any atom is -0.476 e. The van der Waals surface area contributed by atoms with Crippen LogP contribution in [0.4, 0.5) is 5.95 Å². The van der Waals surface area contributed by atoms with Crippen molar-refractivity contribution in [3.8, 4) is 5.88 Å². The monoisotopic (exact) mass is 366 g/mol. The van der Waals surface area contributed by atoms with E-state index in [0.29, 0.717) is 18.4 Å². The van der Waals surface area contributed by atoms with E-state index in [1.54, 1.807) is 12.4 Å². The number of anilines is 1. The molecular formula is C20H26N6O. The molecule has 0 atom stereocenters. The van der Waals surface area contributed by atoms with Crippen molar-refractivity contribution in [1.82, 2.24) is 24.6 Å². The standard InChI is InChI=1S/C20H26N6O/c1-20(2,3)16-13-26-17(23-16)5-6-18(24-26)27-14-15-7-11-25(12-8-15)19-21-9-4-10-22-19/h4-6,9-10,13,15H,7-8,11-12,14H2,1-3H3. The summed E-state index contributed by atoms with van der Waals surface area (Å²) < 4.78 is 7.79. The van der Waals surface area contributed by atoms with Crippen molar-refractivity contribution < 1.29 is 4.74 Å². The van der Waals surface area contributed by atoms with Gasteiger partial charge in [0.15, 0.2) is 5.65 Å². The molecule has 142 valence electrons. The Hall–Kier alpha value is -2.70. The van der Waals surface area contributed by atoms with Gasteiger partial charge in [0, 0.05) is 37.0 Å². The normalized spacial score (nSPS) is 16.0. The number of aromatic nitrogens is 5. The summed E-state index contributed by atoms with van der Waals surface area (Å²) in [5.41, 5.74) is 1.89. The summed E-state index contributed by atoms with van der Waals surface area (Å²) in [5.74, 6) is 1.99. The first-order valence-corrected chi connectivity index (χ1v) is 9.51. The first-order chi connectivity index (χ1) is 13.0. The highest BCUT2D eigenvalue weighted by Crippen LogP contribution is 2.23. The number of nitrogens with zero attached hydrogens (tertiary/aromatic N) is 6. The SMILES string of the molecule is CC(C)(C)c1cn2nc(OCC3CCN(c4ncccn4)CC3)ccc2n1. The fraction of sp³-hybridized carbons (Fsp3) is 0.500. The van der Waals surface area contributed by atoms with E-state index in [4.69, 9.17) is 4.74 Å². The maximum Gasteiger partial charge on any atom is 0.231 e. The van der Waals surface area contributed by atoms with Crippen molar-refractivity contribution in [3.63, 3.8) is 0 Å². The van der Waals surface area contributed by atoms with Gasteiger partial charge in [-0.1, -0.05) is 20.8 Å². The summed E-state index contributed by atoms with van der Waals surface area (Å²) in [6, 6.07) is 5.72. The van der Waals surface area contributed by atoms with Crippen molar-refractivity contribution in [1.29, 1.82) is 0 Å². The van der Waals surface area contributed by atoms with Crippen LogP contribution in [-0.2, 0) is 5.41 Å². The summed E-state index contributed by atoms with van der Waals surface area (Å²) in [5, 5.41) is 4.56. The van der Waals surface area contributed by atoms with Crippen molar-refractivity contribution in [2.45, 2.75) is 39.0 Å². The Balaban J connectivity index is 1.34. The molecule has 27 heavy (non-hydrogen) atoms. The van der Waals surface area contributed by atoms with Crippen molar-refractivity contribution in [2.24, 2.45) is 5.92 Å². The Kier molecular flexibility index (Phi) is 4.68. The summed E-state index contributed by atoms with van der Waals surface area (Å²) >= 11 is 0. The van der Waals surface area contributed by atoms with Gasteiger partial charge in [0.1, 0.15) is 0 Å². The van der Waals surface area contributed by atoms with E-state index in [1.165, 1.54) is 0 Å². The van der Waals surface area contributed by atoms with Gasteiger partial charge in [-0.2, -0.15) is 0 Å². The number of ether oxygens (including phenoxy) is 1. The lowest BCUT2D eigenvalue weighted by atomic mass is 9.93. The van der Waals surface area contributed by atoms with E-state index in [-0.39, 0.29) is 5.41 Å². The molecule has 0 unspecified atom stereocenters. The Morgan fingerprint density at radius 1 is 1.11 bits per heavy atom. The molecule has 3 aromatic rings. The first kappa shape index (κ1) is 17.7. The third-order valence-corrected chi connectivity index (χ3v) is 4.98. The molecule has 0 aliphatic carbocycles. The molecule has 0 bridgehead atoms. The van der Waals surface area contributed by atoms with Gasteiger partial charge in [-0.3, -0.25) is 0 Å². The lowest BCUT2D eigenvalue weighted by Gasteiger charge is -2.31. The molecule has 1 aliphatic heterocycles. The van der Waals surface area contributed by atoms with Crippen LogP contribution in [0.25, 0.3) is 5.65 Å². The van der Waals surface area contributed by atoms with Crippen LogP contribution in [0.1, 0.15) is 39.3 Å². The highest BCUT2D eigenvalue weighted by atomic mass is 16.5. The van der Waals surface area contributed by atoms with Crippen LogP contribution in [-0.4, -0.2) is 44.3 Å². The third kappa shape index (κ3) is 4.02. The first-order valence-electron chi connectivity index (χ1n) is 9.51. The highest BCUT2D eigenvalue weighted by molar-refractivity contribution is 5.40. The van der Waals surface area contributed by atoms with Crippen LogP contribution in [0.3, 0.4) is 0 Å². The largest absolute Gasteiger partial charge is 0.476 e. The van der Waals surface area contributed by atoms with E-state index in [2.05, 4.69) is 45.7 Å². The average molecular weight is 366 g/mol. The second kappa shape index (κ2) is 7.13. The Morgan fingerprint density at radius 3 is 2.56 bits per heavy atom. The molecule has 1 fully saturated rings. The van der Waals surface area contributed by atoms with Crippen molar-refractivity contribution in [2.75, 3.05) is 24.6 Å². The molecule has 7 heteroatoms. The van der Waals surface area contributed by atoms with Crippen LogP contribution in [0.5, 0.6) is 5.88 Å². The molecule has 0 spiro atoms. The fourth-order valence-electron chi connectivity index (χ4n) is 3.26. The van der Waals surface area contributed by atoms with Crippen LogP contribution in [0.15, 0.2) is 36.8 Å². The number of fused-ring (bicyclic) bond motifs is 1. The fourth-order valence-corrected chi connectivity index (χ4v) is 3.26. The summed E-state index contributed by atoms with van der Waals surface area (Å²) in [6.45, 7) is 9.06. The van der Waals surface area contributed by atoms with Gasteiger partial charge in [-0.05, 0) is 30.9 Å². The van der Waals surface area contributed by atoms with E-state index in [0.717, 1.165) is 43.2 Å².